The smallest absolute Gasteiger partial charge is 0.481 e. The minimum Gasteiger partial charge on any atom is -0.496 e. The van der Waals surface area contributed by atoms with E-state index >= 15 is 0 Å². The van der Waals surface area contributed by atoms with Gasteiger partial charge in [-0.05, 0) is 74.6 Å². The van der Waals surface area contributed by atoms with Crippen molar-refractivity contribution in [3.63, 3.8) is 0 Å². The van der Waals surface area contributed by atoms with Gasteiger partial charge >= 0.3 is 23.5 Å². The number of nitrogens with one attached hydrogen (secondary N) is 2. The number of fused-ring (bicyclic) bond motifs is 1. The number of rotatable bonds is 25. The number of phosphoric acid groups is 3. The van der Waals surface area contributed by atoms with Crippen molar-refractivity contribution >= 4 is 75.2 Å². The van der Waals surface area contributed by atoms with Crippen molar-refractivity contribution in [2.24, 2.45) is 5.41 Å². The van der Waals surface area contributed by atoms with Gasteiger partial charge in [0.1, 0.15) is 42.0 Å². The van der Waals surface area contributed by atoms with Gasteiger partial charge in [0, 0.05) is 30.7 Å². The van der Waals surface area contributed by atoms with Crippen molar-refractivity contribution in [3.8, 4) is 5.75 Å². The van der Waals surface area contributed by atoms with E-state index in [-0.39, 0.29) is 47.4 Å². The van der Waals surface area contributed by atoms with Gasteiger partial charge in [0.05, 0.1) is 26.7 Å². The molecule has 25 nitrogen and oxygen atoms in total. The predicted octanol–water partition coefficient (Wildman–Crippen LogP) is 3.76. The molecule has 4 rings (SSSR count). The predicted molar refractivity (Wildman–Crippen MR) is 260 cm³/mol. The van der Waals surface area contributed by atoms with E-state index in [2.05, 4.69) is 47.4 Å². The summed E-state index contributed by atoms with van der Waals surface area (Å²) in [6, 6.07) is 2.02. The molecule has 71 heavy (non-hydrogen) atoms. The van der Waals surface area contributed by atoms with Crippen LogP contribution in [0.25, 0.3) is 17.2 Å². The number of ether oxygens (including phenoxy) is 2. The summed E-state index contributed by atoms with van der Waals surface area (Å²) in [7, 11) is -14.8. The number of methoxy groups -OCH3 is 1. The Bertz CT molecular complexity index is 2690. The largest absolute Gasteiger partial charge is 0.496 e. The van der Waals surface area contributed by atoms with Crippen molar-refractivity contribution in [3.05, 3.63) is 82.5 Å². The lowest BCUT2D eigenvalue weighted by molar-refractivity contribution is -0.137. The van der Waals surface area contributed by atoms with E-state index in [1.807, 2.05) is 51.1 Å². The van der Waals surface area contributed by atoms with E-state index in [4.69, 9.17) is 24.3 Å². The van der Waals surface area contributed by atoms with Crippen LogP contribution in [-0.4, -0.2) is 130 Å². The fourth-order valence-electron chi connectivity index (χ4n) is 6.71. The molecule has 1 fully saturated rings. The molecular weight excluding hydrogens is 1020 g/mol. The van der Waals surface area contributed by atoms with Crippen LogP contribution in [0.2, 0.25) is 0 Å². The molecule has 10 N–H and O–H groups in total. The van der Waals surface area contributed by atoms with E-state index in [1.54, 1.807) is 14.0 Å². The van der Waals surface area contributed by atoms with E-state index in [1.165, 1.54) is 19.9 Å². The molecule has 0 saturated carbocycles. The van der Waals surface area contributed by atoms with E-state index < -0.39 is 84.6 Å². The third-order valence-electron chi connectivity index (χ3n) is 10.7. The Hall–Kier alpha value is -4.46. The highest BCUT2D eigenvalue weighted by atomic mass is 32.2. The molecule has 1 saturated heterocycles. The number of aliphatic hydroxyl groups is 2. The molecular formula is C42H60N7O18P3S. The SMILES string of the molecule is COc1cc(C)c(/C=C/C(C)=C/C=C/C(C)=C\C(=O)SCCNC(=O)CCNC(=O)C(O)C(C)(C)COP(=O)(O)OP(=O)(O)OCC2OC(n3cnc4c(N)ncnc43)C(O)C2OP(=O)(O)O)c(C)c1C. The molecule has 1 aromatic carbocycles. The fraction of sp³-hybridized carbons (Fsp3) is 0.476. The van der Waals surface area contributed by atoms with Crippen LogP contribution in [0.4, 0.5) is 5.82 Å². The van der Waals surface area contributed by atoms with Crippen molar-refractivity contribution in [1.29, 1.82) is 0 Å². The molecule has 29 heteroatoms. The number of allylic oxidation sites excluding steroid dienone is 6. The third-order valence-corrected chi connectivity index (χ3v) is 14.6. The number of carbonyl (C=O) groups excluding carboxylic acids is 3. The quantitative estimate of drug-likeness (QED) is 0.0252. The Morgan fingerprint density at radius 1 is 0.986 bits per heavy atom. The first-order valence-electron chi connectivity index (χ1n) is 21.5. The van der Waals surface area contributed by atoms with Gasteiger partial charge in [0.15, 0.2) is 17.7 Å². The average Bonchev–Trinajstić information content (AvgIpc) is 3.84. The van der Waals surface area contributed by atoms with Gasteiger partial charge in [0.25, 0.3) is 0 Å². The second-order valence-electron chi connectivity index (χ2n) is 16.8. The summed E-state index contributed by atoms with van der Waals surface area (Å²) in [6.07, 6.45) is 4.14. The van der Waals surface area contributed by atoms with Gasteiger partial charge in [-0.25, -0.2) is 28.6 Å². The van der Waals surface area contributed by atoms with Crippen LogP contribution < -0.4 is 21.1 Å². The molecule has 7 unspecified atom stereocenters. The van der Waals surface area contributed by atoms with Crippen LogP contribution in [0.5, 0.6) is 5.75 Å². The van der Waals surface area contributed by atoms with Gasteiger partial charge in [0.2, 0.25) is 16.9 Å². The number of hydrogen-bond donors (Lipinski definition) is 9. The summed E-state index contributed by atoms with van der Waals surface area (Å²) >= 11 is 1.00. The summed E-state index contributed by atoms with van der Waals surface area (Å²) < 4.78 is 68.0. The zero-order valence-corrected chi connectivity index (χ0v) is 43.5. The maximum Gasteiger partial charge on any atom is 0.481 e. The van der Waals surface area contributed by atoms with E-state index in [0.29, 0.717) is 0 Å². The summed E-state index contributed by atoms with van der Waals surface area (Å²) in [6.45, 7) is 10.3. The molecule has 2 amide bonds. The monoisotopic (exact) mass is 1080 g/mol. The fourth-order valence-corrected chi connectivity index (χ4v) is 10.2. The Morgan fingerprint density at radius 2 is 1.68 bits per heavy atom. The number of thioether (sulfide) groups is 1. The van der Waals surface area contributed by atoms with Crippen molar-refractivity contribution in [2.45, 2.75) is 85.5 Å². The number of nitrogens with two attached hydrogens (primary N) is 1. The number of amides is 2. The highest BCUT2D eigenvalue weighted by Gasteiger charge is 2.50. The number of carbonyl (C=O) groups is 3. The molecule has 0 aliphatic carbocycles. The van der Waals surface area contributed by atoms with Crippen LogP contribution in [-0.2, 0) is 50.7 Å². The summed E-state index contributed by atoms with van der Waals surface area (Å²) in [4.78, 5) is 88.8. The lowest BCUT2D eigenvalue weighted by atomic mass is 9.87. The Morgan fingerprint density at radius 3 is 2.35 bits per heavy atom. The maximum atomic E-state index is 12.8. The first-order chi connectivity index (χ1) is 33.0. The number of hydrogen-bond acceptors (Lipinski definition) is 19. The Kier molecular flexibility index (Phi) is 21.2. The number of imidazole rings is 1. The topological polar surface area (TPSA) is 373 Å². The number of phosphoric ester groups is 3. The lowest BCUT2D eigenvalue weighted by Gasteiger charge is -2.30. The minimum atomic E-state index is -5.59. The van der Waals surface area contributed by atoms with Gasteiger partial charge in [-0.2, -0.15) is 4.31 Å². The number of benzene rings is 1. The van der Waals surface area contributed by atoms with Crippen LogP contribution in [0, 0.1) is 26.2 Å². The molecule has 3 heterocycles. The number of aliphatic hydroxyl groups excluding tert-OH is 2. The van der Waals surface area contributed by atoms with Crippen molar-refractivity contribution < 1.29 is 85.2 Å². The second-order valence-corrected chi connectivity index (χ2v) is 22.1. The zero-order valence-electron chi connectivity index (χ0n) is 40.0. The first kappa shape index (κ1) is 59.1. The number of nitrogen functional groups attached to an aromatic ring is 1. The summed E-state index contributed by atoms with van der Waals surface area (Å²) in [5, 5.41) is 26.4. The van der Waals surface area contributed by atoms with Crippen molar-refractivity contribution in [2.75, 3.05) is 44.9 Å². The van der Waals surface area contributed by atoms with Crippen LogP contribution >= 0.6 is 35.2 Å². The first-order valence-corrected chi connectivity index (χ1v) is 27.0. The third kappa shape index (κ3) is 17.6. The van der Waals surface area contributed by atoms with E-state index in [9.17, 15) is 57.9 Å². The molecule has 3 aromatic rings. The zero-order chi connectivity index (χ0) is 53.1. The molecule has 0 spiro atoms. The summed E-state index contributed by atoms with van der Waals surface area (Å²) in [5.41, 5.74) is 10.5. The second kappa shape index (κ2) is 25.5. The lowest BCUT2D eigenvalue weighted by Crippen LogP contribution is -2.46. The highest BCUT2D eigenvalue weighted by molar-refractivity contribution is 8.14. The molecule has 1 aliphatic heterocycles. The number of aromatic nitrogens is 4. The standard InChI is InChI=1S/C42H60N7O18P3S/c1-24(12-13-29-26(3)19-30(62-8)28(5)27(29)4)10-9-11-25(2)18-33(51)71-17-16-44-32(50)14-15-45-40(54)37(53)42(6,7)21-64-70(60,61)67-69(58,59)63-20-31-36(66-68(55,56)57)35(52)41(65-31)49-23-48-34-38(43)46-22-47-39(34)49/h9-13,18-19,22-23,31,35-37,41,52-53H,14-17,20-21H2,1-8H3,(H,44,50)(H,45,54)(H,58,59)(H,60,61)(H2,43,46,47)(H2,55,56,57)/b11-9+,13-12+,24-10+,25-18-. The van der Waals surface area contributed by atoms with Crippen LogP contribution in [0.3, 0.4) is 0 Å². The minimum absolute atomic E-state index is 0.0256. The number of anilines is 1. The van der Waals surface area contributed by atoms with Gasteiger partial charge in [-0.15, -0.1) is 0 Å². The number of aryl methyl sites for hydroxylation is 1. The summed E-state index contributed by atoms with van der Waals surface area (Å²) in [5.74, 6) is -0.377. The van der Waals surface area contributed by atoms with Gasteiger partial charge < -0.3 is 55.6 Å². The molecule has 392 valence electrons. The van der Waals surface area contributed by atoms with Gasteiger partial charge in [-0.1, -0.05) is 61.6 Å². The average molecular weight is 1080 g/mol. The van der Waals surface area contributed by atoms with Crippen LogP contribution in [0.15, 0.2) is 60.2 Å². The Balaban J connectivity index is 1.16. The highest BCUT2D eigenvalue weighted by Crippen LogP contribution is 2.61. The van der Waals surface area contributed by atoms with Crippen molar-refractivity contribution in [1.82, 2.24) is 30.2 Å². The number of nitrogens with zero attached hydrogens (tertiary/aromatic N) is 4. The molecule has 1 aliphatic rings. The maximum absolute atomic E-state index is 12.8. The molecule has 0 radical (unpaired) electrons. The van der Waals surface area contributed by atoms with Crippen LogP contribution in [0.1, 0.15) is 62.6 Å². The Labute approximate surface area is 413 Å². The molecule has 2 aromatic heterocycles. The normalized spacial score (nSPS) is 20.3. The molecule has 0 bridgehead atoms. The molecule has 7 atom stereocenters. The van der Waals surface area contributed by atoms with E-state index in [0.717, 1.165) is 68.1 Å². The van der Waals surface area contributed by atoms with Gasteiger partial charge in [-0.3, -0.25) is 32.5 Å².